The van der Waals surface area contributed by atoms with Crippen LogP contribution in [0.2, 0.25) is 0 Å². The summed E-state index contributed by atoms with van der Waals surface area (Å²) >= 11 is 1.98. The van der Waals surface area contributed by atoms with Crippen molar-refractivity contribution in [2.75, 3.05) is 9.80 Å². The molecule has 2 aromatic heterocycles. The van der Waals surface area contributed by atoms with Gasteiger partial charge in [-0.2, -0.15) is 0 Å². The number of hydrogen-bond donors (Lipinski definition) is 0. The van der Waals surface area contributed by atoms with E-state index in [0.717, 1.165) is 84.1 Å². The maximum absolute atomic E-state index is 6.62. The SMILES string of the molecule is c1ccc(-c2cccc(N(c3ccc4c(c3)C3(c5cc6cc(N(c7cccc(-c8ccccc8)c7)c7ccc8c(c7)oc7ccccc78)ccc6cc5S4)C4CC5CC(C4)CC3C5)c3ccc4c(c3)oc3ccccc34)c2)cc1. The van der Waals surface area contributed by atoms with Crippen molar-refractivity contribution in [1.82, 2.24) is 0 Å². The van der Waals surface area contributed by atoms with E-state index in [2.05, 4.69) is 252 Å². The van der Waals surface area contributed by atoms with Gasteiger partial charge in [-0.1, -0.05) is 139 Å². The van der Waals surface area contributed by atoms with Crippen molar-refractivity contribution in [3.8, 4) is 22.3 Å². The number of fused-ring (bicyclic) bond motifs is 9. The molecule has 3 heterocycles. The van der Waals surface area contributed by atoms with Crippen molar-refractivity contribution < 1.29 is 8.83 Å². The molecule has 0 saturated heterocycles. The number of hydrogen-bond acceptors (Lipinski definition) is 5. The molecule has 378 valence electrons. The van der Waals surface area contributed by atoms with Gasteiger partial charge in [0.2, 0.25) is 0 Å². The quantitative estimate of drug-likeness (QED) is 0.151. The lowest BCUT2D eigenvalue weighted by Crippen LogP contribution is -2.57. The predicted octanol–water partition coefficient (Wildman–Crippen LogP) is 21.1. The summed E-state index contributed by atoms with van der Waals surface area (Å²) in [7, 11) is 0. The van der Waals surface area contributed by atoms with E-state index >= 15 is 0 Å². The van der Waals surface area contributed by atoms with Gasteiger partial charge >= 0.3 is 0 Å². The summed E-state index contributed by atoms with van der Waals surface area (Å²) in [4.78, 5) is 7.73. The maximum atomic E-state index is 6.62. The monoisotopic (exact) mass is 1030 g/mol. The Labute approximate surface area is 463 Å². The molecule has 4 bridgehead atoms. The average molecular weight is 1040 g/mol. The first-order valence-electron chi connectivity index (χ1n) is 28.2. The Morgan fingerprint density at radius 3 is 1.35 bits per heavy atom. The molecule has 4 fully saturated rings. The van der Waals surface area contributed by atoms with E-state index in [1.807, 2.05) is 11.8 Å². The van der Waals surface area contributed by atoms with E-state index in [0.29, 0.717) is 11.8 Å². The van der Waals surface area contributed by atoms with Gasteiger partial charge in [0, 0.05) is 83.0 Å². The van der Waals surface area contributed by atoms with Crippen molar-refractivity contribution in [2.45, 2.75) is 47.3 Å². The van der Waals surface area contributed by atoms with Crippen LogP contribution in [0.5, 0.6) is 0 Å². The molecule has 4 saturated carbocycles. The predicted molar refractivity (Wildman–Crippen MR) is 327 cm³/mol. The number of anilines is 6. The van der Waals surface area contributed by atoms with Crippen molar-refractivity contribution in [1.29, 1.82) is 0 Å². The van der Waals surface area contributed by atoms with Crippen LogP contribution in [-0.2, 0) is 5.41 Å². The van der Waals surface area contributed by atoms with E-state index < -0.39 is 0 Å². The Kier molecular flexibility index (Phi) is 10.1. The van der Waals surface area contributed by atoms with Gasteiger partial charge in [-0.15, -0.1) is 0 Å². The van der Waals surface area contributed by atoms with Gasteiger partial charge in [0.1, 0.15) is 22.3 Å². The Bertz CT molecular complexity index is 4550. The van der Waals surface area contributed by atoms with Crippen molar-refractivity contribution in [3.05, 3.63) is 254 Å². The zero-order chi connectivity index (χ0) is 51.8. The first kappa shape index (κ1) is 45.3. The second-order valence-electron chi connectivity index (χ2n) is 22.9. The van der Waals surface area contributed by atoms with Gasteiger partial charge in [-0.05, 0) is 203 Å². The van der Waals surface area contributed by atoms with Crippen molar-refractivity contribution in [2.24, 2.45) is 23.7 Å². The molecule has 0 radical (unpaired) electrons. The molecule has 4 aliphatic carbocycles. The number of benzene rings is 11. The van der Waals surface area contributed by atoms with Crippen LogP contribution in [0.25, 0.3) is 76.9 Å². The molecule has 18 rings (SSSR count). The van der Waals surface area contributed by atoms with Gasteiger partial charge in [-0.3, -0.25) is 0 Å². The topological polar surface area (TPSA) is 32.8 Å². The Morgan fingerprint density at radius 2 is 0.772 bits per heavy atom. The van der Waals surface area contributed by atoms with E-state index in [1.54, 1.807) is 0 Å². The van der Waals surface area contributed by atoms with Gasteiger partial charge < -0.3 is 18.6 Å². The minimum atomic E-state index is -0.125. The molecule has 0 N–H and O–H groups in total. The first-order chi connectivity index (χ1) is 39.1. The van der Waals surface area contributed by atoms with Crippen LogP contribution in [0.15, 0.2) is 261 Å². The summed E-state index contributed by atoms with van der Waals surface area (Å²) < 4.78 is 13.2. The van der Waals surface area contributed by atoms with Crippen LogP contribution >= 0.6 is 11.8 Å². The van der Waals surface area contributed by atoms with Crippen LogP contribution < -0.4 is 9.80 Å². The summed E-state index contributed by atoms with van der Waals surface area (Å²) in [5.41, 5.74) is 17.9. The van der Waals surface area contributed by atoms with Gasteiger partial charge in [0.15, 0.2) is 0 Å². The lowest BCUT2D eigenvalue weighted by molar-refractivity contribution is -0.0443. The van der Waals surface area contributed by atoms with Gasteiger partial charge in [-0.25, -0.2) is 0 Å². The Hall–Kier alpha value is -8.77. The molecule has 79 heavy (non-hydrogen) atoms. The van der Waals surface area contributed by atoms with Crippen molar-refractivity contribution >= 4 is 101 Å². The lowest BCUT2D eigenvalue weighted by atomic mass is 9.42. The van der Waals surface area contributed by atoms with Crippen LogP contribution in [0.4, 0.5) is 34.1 Å². The molecule has 13 aromatic rings. The number of para-hydroxylation sites is 2. The first-order valence-corrected chi connectivity index (χ1v) is 29.0. The van der Waals surface area contributed by atoms with E-state index in [9.17, 15) is 0 Å². The third-order valence-electron chi connectivity index (χ3n) is 18.6. The summed E-state index contributed by atoms with van der Waals surface area (Å²) in [5, 5.41) is 7.08. The fourth-order valence-electron chi connectivity index (χ4n) is 15.5. The van der Waals surface area contributed by atoms with Crippen LogP contribution in [0.3, 0.4) is 0 Å². The second-order valence-corrected chi connectivity index (χ2v) is 24.0. The fourth-order valence-corrected chi connectivity index (χ4v) is 16.7. The maximum Gasteiger partial charge on any atom is 0.137 e. The molecular weight excluding hydrogens is 981 g/mol. The minimum absolute atomic E-state index is 0.125. The van der Waals surface area contributed by atoms with Gasteiger partial charge in [0.05, 0.1) is 0 Å². The molecule has 0 unspecified atom stereocenters. The van der Waals surface area contributed by atoms with Crippen LogP contribution in [0, 0.1) is 23.7 Å². The molecule has 5 heteroatoms. The third kappa shape index (κ3) is 7.15. The number of furan rings is 2. The highest BCUT2D eigenvalue weighted by atomic mass is 32.2. The number of rotatable bonds is 8. The standard InChI is InChI=1S/C74H54N2O2S/c1-3-13-48(14-4-1)50-17-11-19-56(38-50)75(60-27-30-64-62-21-7-9-23-68(62)77-70(64)44-60)58-26-25-52-42-73-66(41-53(52)40-58)74(54-34-46-33-47(36-54)37-55(74)35-46)67-43-59(29-32-72(67)79-73)76(57-20-12-18-51(39-57)49-15-5-2-6-16-49)61-28-31-65-63-22-8-10-24-69(63)78-71(65)45-61/h1-32,38-47,54-55H,33-37H2. The normalized spacial score (nSPS) is 19.9. The van der Waals surface area contributed by atoms with E-state index in [-0.39, 0.29) is 5.41 Å². The zero-order valence-corrected chi connectivity index (χ0v) is 44.4. The third-order valence-corrected chi connectivity index (χ3v) is 19.7. The summed E-state index contributed by atoms with van der Waals surface area (Å²) in [6, 6.07) is 89.7. The van der Waals surface area contributed by atoms with Crippen LogP contribution in [0.1, 0.15) is 43.2 Å². The molecule has 1 spiro atoms. The summed E-state index contributed by atoms with van der Waals surface area (Å²) in [5.74, 6) is 2.74. The molecule has 5 aliphatic rings. The Balaban J connectivity index is 0.845. The Morgan fingerprint density at radius 1 is 0.316 bits per heavy atom. The molecule has 0 atom stereocenters. The largest absolute Gasteiger partial charge is 0.456 e. The van der Waals surface area contributed by atoms with Gasteiger partial charge in [0.25, 0.3) is 0 Å². The molecule has 11 aromatic carbocycles. The fraction of sp³-hybridized carbons (Fsp3) is 0.135. The zero-order valence-electron chi connectivity index (χ0n) is 43.6. The molecule has 0 amide bonds. The number of nitrogens with zero attached hydrogens (tertiary/aromatic N) is 2. The van der Waals surface area contributed by atoms with E-state index in [4.69, 9.17) is 8.83 Å². The lowest BCUT2D eigenvalue weighted by Gasteiger charge is -2.63. The molecular formula is C74H54N2O2S. The van der Waals surface area contributed by atoms with E-state index in [1.165, 1.54) is 91.7 Å². The minimum Gasteiger partial charge on any atom is -0.456 e. The highest BCUT2D eigenvalue weighted by Crippen LogP contribution is 2.69. The molecule has 1 aliphatic heterocycles. The summed E-state index contributed by atoms with van der Waals surface area (Å²) in [6.07, 6.45) is 6.57. The van der Waals surface area contributed by atoms with Crippen molar-refractivity contribution in [3.63, 3.8) is 0 Å². The smallest absolute Gasteiger partial charge is 0.137 e. The highest BCUT2D eigenvalue weighted by molar-refractivity contribution is 7.99. The average Bonchev–Trinajstić information content (AvgIpc) is 3.41. The second kappa shape index (κ2) is 17.6. The molecule has 4 nitrogen and oxygen atoms in total. The summed E-state index contributed by atoms with van der Waals surface area (Å²) in [6.45, 7) is 0. The highest BCUT2D eigenvalue weighted by Gasteiger charge is 2.61. The van der Waals surface area contributed by atoms with Crippen LogP contribution in [-0.4, -0.2) is 0 Å².